The average Bonchev–Trinajstić information content (AvgIpc) is 2.95. The molecule has 0 aromatic carbocycles. The van der Waals surface area contributed by atoms with Crippen molar-refractivity contribution in [2.24, 2.45) is 7.05 Å². The number of hydrogen-bond acceptors (Lipinski definition) is 4. The summed E-state index contributed by atoms with van der Waals surface area (Å²) in [6.07, 6.45) is 6.26. The second-order valence-electron chi connectivity index (χ2n) is 3.82. The molecule has 0 aliphatic rings. The van der Waals surface area contributed by atoms with Crippen molar-refractivity contribution in [2.75, 3.05) is 7.11 Å². The van der Waals surface area contributed by atoms with Gasteiger partial charge in [-0.2, -0.15) is 10.2 Å². The van der Waals surface area contributed by atoms with E-state index in [1.807, 2.05) is 13.2 Å². The van der Waals surface area contributed by atoms with E-state index in [0.717, 1.165) is 11.8 Å². The van der Waals surface area contributed by atoms with E-state index in [9.17, 15) is 4.39 Å². The van der Waals surface area contributed by atoms with Gasteiger partial charge < -0.3 is 4.74 Å². The Labute approximate surface area is 102 Å². The molecule has 0 amide bonds. The first-order valence-corrected chi connectivity index (χ1v) is 5.26. The van der Waals surface area contributed by atoms with Gasteiger partial charge in [0, 0.05) is 18.8 Å². The smallest absolute Gasteiger partial charge is 0.243 e. The van der Waals surface area contributed by atoms with Gasteiger partial charge in [0.05, 0.1) is 31.4 Å². The summed E-state index contributed by atoms with van der Waals surface area (Å²) >= 11 is 0. The standard InChI is InChI=1S/C11H10FN5O/c1-16-5-7(3-13-16)9-6-17-10(8(12)4-14-17)11(15-9)18-2/h3-6H,1-2H3. The molecule has 0 N–H and O–H groups in total. The van der Waals surface area contributed by atoms with Crippen LogP contribution < -0.4 is 4.74 Å². The molecule has 0 saturated carbocycles. The van der Waals surface area contributed by atoms with Gasteiger partial charge in [0.25, 0.3) is 0 Å². The third-order valence-electron chi connectivity index (χ3n) is 2.61. The number of aryl methyl sites for hydroxylation is 1. The molecule has 0 bridgehead atoms. The summed E-state index contributed by atoms with van der Waals surface area (Å²) in [7, 11) is 3.26. The lowest BCUT2D eigenvalue weighted by Crippen LogP contribution is -1.97. The van der Waals surface area contributed by atoms with Gasteiger partial charge in [-0.15, -0.1) is 0 Å². The Kier molecular flexibility index (Phi) is 2.26. The Hall–Kier alpha value is -2.44. The van der Waals surface area contributed by atoms with Gasteiger partial charge in [-0.05, 0) is 0 Å². The van der Waals surface area contributed by atoms with Crippen molar-refractivity contribution in [3.8, 4) is 17.1 Å². The van der Waals surface area contributed by atoms with E-state index in [1.165, 1.54) is 11.6 Å². The number of rotatable bonds is 2. The molecule has 7 heteroatoms. The van der Waals surface area contributed by atoms with E-state index in [2.05, 4.69) is 15.2 Å². The molecule has 3 aromatic heterocycles. The van der Waals surface area contributed by atoms with Crippen LogP contribution in [-0.4, -0.2) is 31.5 Å². The maximum atomic E-state index is 13.5. The second kappa shape index (κ2) is 3.80. The highest BCUT2D eigenvalue weighted by Gasteiger charge is 2.14. The molecule has 0 atom stereocenters. The van der Waals surface area contributed by atoms with E-state index < -0.39 is 5.82 Å². The predicted octanol–water partition coefficient (Wildman–Crippen LogP) is 1.28. The molecule has 0 radical (unpaired) electrons. The summed E-state index contributed by atoms with van der Waals surface area (Å²) in [6, 6.07) is 0. The molecule has 0 spiro atoms. The van der Waals surface area contributed by atoms with Crippen LogP contribution in [0.15, 0.2) is 24.8 Å². The number of methoxy groups -OCH3 is 1. The van der Waals surface area contributed by atoms with Gasteiger partial charge in [-0.25, -0.2) is 13.9 Å². The maximum absolute atomic E-state index is 13.5. The largest absolute Gasteiger partial charge is 0.479 e. The van der Waals surface area contributed by atoms with Gasteiger partial charge in [0.2, 0.25) is 5.88 Å². The zero-order valence-electron chi connectivity index (χ0n) is 9.83. The Morgan fingerprint density at radius 1 is 1.22 bits per heavy atom. The van der Waals surface area contributed by atoms with Crippen molar-refractivity contribution in [1.82, 2.24) is 24.4 Å². The summed E-state index contributed by atoms with van der Waals surface area (Å²) in [5, 5.41) is 7.98. The number of aromatic nitrogens is 5. The van der Waals surface area contributed by atoms with Crippen LogP contribution >= 0.6 is 0 Å². The number of fused-ring (bicyclic) bond motifs is 1. The lowest BCUT2D eigenvalue weighted by atomic mass is 10.2. The van der Waals surface area contributed by atoms with Crippen LogP contribution in [-0.2, 0) is 7.05 Å². The minimum Gasteiger partial charge on any atom is -0.479 e. The fraction of sp³-hybridized carbons (Fsp3) is 0.182. The highest BCUT2D eigenvalue weighted by Crippen LogP contribution is 2.24. The normalized spacial score (nSPS) is 11.1. The molecule has 0 saturated heterocycles. The van der Waals surface area contributed by atoms with Gasteiger partial charge in [0.15, 0.2) is 11.3 Å². The predicted molar refractivity (Wildman–Crippen MR) is 61.7 cm³/mol. The highest BCUT2D eigenvalue weighted by atomic mass is 19.1. The van der Waals surface area contributed by atoms with E-state index >= 15 is 0 Å². The van der Waals surface area contributed by atoms with Crippen molar-refractivity contribution in [3.05, 3.63) is 30.6 Å². The van der Waals surface area contributed by atoms with Crippen molar-refractivity contribution in [2.45, 2.75) is 0 Å². The van der Waals surface area contributed by atoms with E-state index in [0.29, 0.717) is 5.69 Å². The first kappa shape index (κ1) is 10.7. The second-order valence-corrected chi connectivity index (χ2v) is 3.82. The fourth-order valence-corrected chi connectivity index (χ4v) is 1.78. The number of nitrogens with zero attached hydrogens (tertiary/aromatic N) is 5. The molecular weight excluding hydrogens is 237 g/mol. The first-order valence-electron chi connectivity index (χ1n) is 5.26. The average molecular weight is 247 g/mol. The van der Waals surface area contributed by atoms with Crippen molar-refractivity contribution in [3.63, 3.8) is 0 Å². The summed E-state index contributed by atoms with van der Waals surface area (Å²) in [6.45, 7) is 0. The first-order chi connectivity index (χ1) is 8.69. The molecule has 0 aliphatic carbocycles. The topological polar surface area (TPSA) is 57.2 Å². The molecule has 18 heavy (non-hydrogen) atoms. The zero-order chi connectivity index (χ0) is 12.7. The lowest BCUT2D eigenvalue weighted by Gasteiger charge is -2.04. The van der Waals surface area contributed by atoms with Crippen molar-refractivity contribution in [1.29, 1.82) is 0 Å². The van der Waals surface area contributed by atoms with Crippen LogP contribution in [0.2, 0.25) is 0 Å². The number of halogens is 1. The van der Waals surface area contributed by atoms with Gasteiger partial charge in [-0.3, -0.25) is 4.68 Å². The van der Waals surface area contributed by atoms with Crippen LogP contribution in [0.1, 0.15) is 0 Å². The lowest BCUT2D eigenvalue weighted by molar-refractivity contribution is 0.399. The van der Waals surface area contributed by atoms with Crippen molar-refractivity contribution >= 4 is 5.52 Å². The SMILES string of the molecule is COc1nc(-c2cnn(C)c2)cn2ncc(F)c12. The minimum atomic E-state index is -0.461. The Bertz CT molecular complexity index is 717. The molecule has 3 heterocycles. The highest BCUT2D eigenvalue weighted by molar-refractivity contribution is 5.64. The zero-order valence-corrected chi connectivity index (χ0v) is 9.83. The molecule has 3 rings (SSSR count). The van der Waals surface area contributed by atoms with Gasteiger partial charge in [0.1, 0.15) is 0 Å². The monoisotopic (exact) mass is 247 g/mol. The third kappa shape index (κ3) is 1.52. The quantitative estimate of drug-likeness (QED) is 0.684. The van der Waals surface area contributed by atoms with Crippen LogP contribution in [0.4, 0.5) is 4.39 Å². The molecule has 6 nitrogen and oxygen atoms in total. The minimum absolute atomic E-state index is 0.200. The molecule has 3 aromatic rings. The van der Waals surface area contributed by atoms with E-state index in [-0.39, 0.29) is 11.4 Å². The summed E-state index contributed by atoms with van der Waals surface area (Å²) in [4.78, 5) is 4.26. The molecular formula is C11H10FN5O. The maximum Gasteiger partial charge on any atom is 0.243 e. The Morgan fingerprint density at radius 2 is 2.06 bits per heavy atom. The van der Waals surface area contributed by atoms with Crippen molar-refractivity contribution < 1.29 is 9.13 Å². The van der Waals surface area contributed by atoms with E-state index in [1.54, 1.807) is 17.1 Å². The van der Waals surface area contributed by atoms with E-state index in [4.69, 9.17) is 4.74 Å². The number of ether oxygens (including phenoxy) is 1. The van der Waals surface area contributed by atoms with Gasteiger partial charge in [-0.1, -0.05) is 0 Å². The van der Waals surface area contributed by atoms with Crippen LogP contribution in [0.25, 0.3) is 16.8 Å². The van der Waals surface area contributed by atoms with Crippen LogP contribution in [0.5, 0.6) is 5.88 Å². The van der Waals surface area contributed by atoms with Crippen LogP contribution in [0, 0.1) is 5.82 Å². The van der Waals surface area contributed by atoms with Gasteiger partial charge >= 0.3 is 0 Å². The molecule has 0 unspecified atom stereocenters. The molecule has 92 valence electrons. The summed E-state index contributed by atoms with van der Waals surface area (Å²) in [5.74, 6) is -0.261. The van der Waals surface area contributed by atoms with Crippen LogP contribution in [0.3, 0.4) is 0 Å². The Balaban J connectivity index is 2.26. The summed E-state index contributed by atoms with van der Waals surface area (Å²) in [5.41, 5.74) is 1.66. The number of hydrogen-bond donors (Lipinski definition) is 0. The Morgan fingerprint density at radius 3 is 2.72 bits per heavy atom. The summed E-state index contributed by atoms with van der Waals surface area (Å²) < 4.78 is 21.7. The molecule has 0 aliphatic heterocycles. The third-order valence-corrected chi connectivity index (χ3v) is 2.61. The molecule has 0 fully saturated rings. The fourth-order valence-electron chi connectivity index (χ4n) is 1.78.